The van der Waals surface area contributed by atoms with Crippen LogP contribution in [0.5, 0.6) is 0 Å². The van der Waals surface area contributed by atoms with E-state index in [4.69, 9.17) is 0 Å². The molecule has 0 fully saturated rings. The lowest BCUT2D eigenvalue weighted by Gasteiger charge is -2.29. The maximum Gasteiger partial charge on any atom is 0.0623 e. The molecule has 2 aliphatic rings. The molecule has 13 aromatic rings. The van der Waals surface area contributed by atoms with E-state index in [0.29, 0.717) is 0 Å². The van der Waals surface area contributed by atoms with Crippen molar-refractivity contribution < 1.29 is 0 Å². The first kappa shape index (κ1) is 40.2. The second-order valence-electron chi connectivity index (χ2n) is 19.3. The van der Waals surface area contributed by atoms with E-state index in [9.17, 15) is 0 Å². The summed E-state index contributed by atoms with van der Waals surface area (Å²) in [4.78, 5) is 2.41. The van der Waals surface area contributed by atoms with Gasteiger partial charge in [-0.3, -0.25) is 0 Å². The van der Waals surface area contributed by atoms with Crippen LogP contribution in [0.3, 0.4) is 0 Å². The number of fused-ring (bicyclic) bond motifs is 9. The zero-order valence-corrected chi connectivity index (χ0v) is 39.8. The van der Waals surface area contributed by atoms with Gasteiger partial charge < -0.3 is 9.47 Å². The van der Waals surface area contributed by atoms with Crippen molar-refractivity contribution in [3.05, 3.63) is 265 Å². The van der Waals surface area contributed by atoms with Crippen molar-refractivity contribution in [2.45, 2.75) is 12.3 Å². The van der Waals surface area contributed by atoms with Crippen molar-refractivity contribution in [2.75, 3.05) is 4.90 Å². The lowest BCUT2D eigenvalue weighted by atomic mass is 9.73. The number of hydrogen-bond acceptors (Lipinski definition) is 2. The van der Waals surface area contributed by atoms with Gasteiger partial charge in [-0.1, -0.05) is 176 Å². The molecule has 0 saturated carbocycles. The number of hydrogen-bond donors (Lipinski definition) is 0. The Balaban J connectivity index is 0.896. The predicted octanol–water partition coefficient (Wildman–Crippen LogP) is 18.9. The number of nitrogens with zero attached hydrogens (tertiary/aromatic N) is 2. The van der Waals surface area contributed by atoms with Crippen LogP contribution in [0.15, 0.2) is 249 Å². The molecule has 11 aromatic carbocycles. The van der Waals surface area contributed by atoms with E-state index in [1.807, 2.05) is 11.3 Å². The summed E-state index contributed by atoms with van der Waals surface area (Å²) in [5.41, 5.74) is 23.1. The van der Waals surface area contributed by atoms with Gasteiger partial charge in [0.25, 0.3) is 0 Å². The van der Waals surface area contributed by atoms with E-state index in [-0.39, 0.29) is 5.41 Å². The first-order chi connectivity index (χ1) is 35.1. The summed E-state index contributed by atoms with van der Waals surface area (Å²) in [6.07, 6.45) is 0. The number of anilines is 3. The Morgan fingerprint density at radius 3 is 1.83 bits per heavy atom. The molecule has 71 heavy (non-hydrogen) atoms. The third kappa shape index (κ3) is 5.94. The van der Waals surface area contributed by atoms with Crippen molar-refractivity contribution >= 4 is 70.4 Å². The molecular formula is C68H44N2S. The molecule has 0 radical (unpaired) electrons. The molecule has 0 N–H and O–H groups in total. The summed E-state index contributed by atoms with van der Waals surface area (Å²) in [6.45, 7) is 2.45. The van der Waals surface area contributed by atoms with Crippen molar-refractivity contribution in [1.82, 2.24) is 4.57 Å². The first-order valence-electron chi connectivity index (χ1n) is 24.6. The van der Waals surface area contributed by atoms with Gasteiger partial charge in [0, 0.05) is 64.5 Å². The summed E-state index contributed by atoms with van der Waals surface area (Å²) in [7, 11) is 0. The van der Waals surface area contributed by atoms with Gasteiger partial charge in [-0.05, 0) is 141 Å². The van der Waals surface area contributed by atoms with Gasteiger partial charge in [0.15, 0.2) is 0 Å². The lowest BCUT2D eigenvalue weighted by molar-refractivity contribution is 0.714. The standard InChI is InChI=1S/C68H44N2S/c1-68(49-21-6-3-7-22-49)59-37-36-57-53-24-8-11-27-61(53)70-62-28-12-9-25-54(62)58-40-48(41-60(68)65(58)66(59)67(57)70)46-19-14-18-45(38-46)47-20-15-23-51(39-47)69(50-32-30-44(31-33-50)43-16-4-2-5-17-43)52-34-35-56-55-26-10-13-29-63(55)71-64(56)42-52/h2-42H,1H3. The summed E-state index contributed by atoms with van der Waals surface area (Å²) in [6, 6.07) is 92.6. The van der Waals surface area contributed by atoms with Gasteiger partial charge in [-0.15, -0.1) is 11.3 Å². The third-order valence-corrected chi connectivity index (χ3v) is 16.7. The van der Waals surface area contributed by atoms with Gasteiger partial charge >= 0.3 is 0 Å². The van der Waals surface area contributed by atoms with E-state index in [0.717, 1.165) is 22.6 Å². The summed E-state index contributed by atoms with van der Waals surface area (Å²) < 4.78 is 5.14. The van der Waals surface area contributed by atoms with Crippen molar-refractivity contribution in [3.63, 3.8) is 0 Å². The Morgan fingerprint density at radius 1 is 0.366 bits per heavy atom. The maximum atomic E-state index is 2.55. The number of rotatable bonds is 7. The normalized spacial score (nSPS) is 14.3. The minimum atomic E-state index is -0.383. The quantitative estimate of drug-likeness (QED) is 0.155. The highest BCUT2D eigenvalue weighted by Crippen LogP contribution is 2.61. The number of aromatic nitrogens is 1. The minimum Gasteiger partial charge on any atom is -0.310 e. The van der Waals surface area contributed by atoms with Crippen LogP contribution in [0.1, 0.15) is 23.6 Å². The van der Waals surface area contributed by atoms with Gasteiger partial charge in [-0.2, -0.15) is 0 Å². The molecule has 1 unspecified atom stereocenters. The monoisotopic (exact) mass is 920 g/mol. The molecule has 2 aromatic heterocycles. The van der Waals surface area contributed by atoms with E-state index in [1.165, 1.54) is 114 Å². The molecule has 1 aliphatic heterocycles. The fourth-order valence-corrected chi connectivity index (χ4v) is 13.4. The van der Waals surface area contributed by atoms with E-state index >= 15 is 0 Å². The lowest BCUT2D eigenvalue weighted by Crippen LogP contribution is -2.22. The van der Waals surface area contributed by atoms with Crippen LogP contribution in [0, 0.1) is 0 Å². The first-order valence-corrected chi connectivity index (χ1v) is 25.4. The second kappa shape index (κ2) is 15.4. The van der Waals surface area contributed by atoms with Gasteiger partial charge in [0.05, 0.1) is 16.7 Å². The zero-order valence-electron chi connectivity index (χ0n) is 39.0. The number of thiophene rings is 1. The van der Waals surface area contributed by atoms with Gasteiger partial charge in [0.1, 0.15) is 0 Å². The van der Waals surface area contributed by atoms with Crippen molar-refractivity contribution in [3.8, 4) is 61.3 Å². The highest BCUT2D eigenvalue weighted by Gasteiger charge is 2.45. The Kier molecular flexibility index (Phi) is 8.69. The fourth-order valence-electron chi connectivity index (χ4n) is 12.2. The largest absolute Gasteiger partial charge is 0.310 e. The number of para-hydroxylation sites is 2. The predicted molar refractivity (Wildman–Crippen MR) is 301 cm³/mol. The van der Waals surface area contributed by atoms with Crippen LogP contribution in [-0.4, -0.2) is 4.57 Å². The van der Waals surface area contributed by atoms with E-state index in [2.05, 4.69) is 265 Å². The van der Waals surface area contributed by atoms with Crippen LogP contribution in [0.25, 0.3) is 103 Å². The van der Waals surface area contributed by atoms with Crippen LogP contribution in [0.4, 0.5) is 17.1 Å². The molecule has 1 atom stereocenters. The Morgan fingerprint density at radius 2 is 0.986 bits per heavy atom. The molecule has 15 rings (SSSR count). The SMILES string of the molecule is CC1(c2ccccc2)c2cc(-c3cccc(-c4cccc(N(c5ccc(-c6ccccc6)cc5)c5ccc6c(c5)sc5ccccc56)c4)c3)cc3c2-c2c1ccc1c4ccccc4n(c21)-c1ccccc1-3. The minimum absolute atomic E-state index is 0.383. The molecule has 0 saturated heterocycles. The van der Waals surface area contributed by atoms with E-state index < -0.39 is 0 Å². The molecule has 3 heteroatoms. The van der Waals surface area contributed by atoms with E-state index in [1.54, 1.807) is 0 Å². The Bertz CT molecular complexity index is 4290. The summed E-state index contributed by atoms with van der Waals surface area (Å²) in [5, 5.41) is 5.19. The maximum absolute atomic E-state index is 2.55. The summed E-state index contributed by atoms with van der Waals surface area (Å²) in [5.74, 6) is 0. The van der Waals surface area contributed by atoms with Crippen molar-refractivity contribution in [1.29, 1.82) is 0 Å². The highest BCUT2D eigenvalue weighted by atomic mass is 32.1. The van der Waals surface area contributed by atoms with Crippen LogP contribution >= 0.6 is 11.3 Å². The number of benzene rings is 11. The van der Waals surface area contributed by atoms with Gasteiger partial charge in [-0.25, -0.2) is 0 Å². The molecule has 0 bridgehead atoms. The van der Waals surface area contributed by atoms with Gasteiger partial charge in [0.2, 0.25) is 0 Å². The molecule has 2 nitrogen and oxygen atoms in total. The molecule has 332 valence electrons. The second-order valence-corrected chi connectivity index (χ2v) is 20.4. The zero-order chi connectivity index (χ0) is 46.8. The van der Waals surface area contributed by atoms with Crippen LogP contribution in [-0.2, 0) is 5.41 Å². The Labute approximate surface area is 416 Å². The highest BCUT2D eigenvalue weighted by molar-refractivity contribution is 7.25. The topological polar surface area (TPSA) is 8.17 Å². The smallest absolute Gasteiger partial charge is 0.0623 e. The summed E-state index contributed by atoms with van der Waals surface area (Å²) >= 11 is 1.86. The molecule has 3 heterocycles. The molecule has 0 spiro atoms. The van der Waals surface area contributed by atoms with Crippen LogP contribution in [0.2, 0.25) is 0 Å². The third-order valence-electron chi connectivity index (χ3n) is 15.6. The molecule has 0 amide bonds. The average Bonchev–Trinajstić information content (AvgIpc) is 4.05. The Hall–Kier alpha value is -8.76. The fraction of sp³-hybridized carbons (Fsp3) is 0.0294. The molecule has 1 aliphatic carbocycles. The average molecular weight is 921 g/mol. The van der Waals surface area contributed by atoms with Crippen molar-refractivity contribution in [2.24, 2.45) is 0 Å². The van der Waals surface area contributed by atoms with Crippen LogP contribution < -0.4 is 4.90 Å². The molecular weight excluding hydrogens is 877 g/mol.